The molecule has 0 aliphatic heterocycles. The third-order valence-electron chi connectivity index (χ3n) is 6.50. The molecule has 0 saturated heterocycles. The fraction of sp³-hybridized carbons (Fsp3) is 0.125. The van der Waals surface area contributed by atoms with Crippen LogP contribution in [-0.2, 0) is 11.0 Å². The fourth-order valence-corrected chi connectivity index (χ4v) is 4.38. The van der Waals surface area contributed by atoms with E-state index in [9.17, 15) is 27.2 Å². The Morgan fingerprint density at radius 2 is 1.64 bits per heavy atom. The number of nitrogens with one attached hydrogen (secondary N) is 1. The van der Waals surface area contributed by atoms with Gasteiger partial charge in [0.1, 0.15) is 5.82 Å². The lowest BCUT2D eigenvalue weighted by Crippen LogP contribution is -2.21. The first-order valence-corrected chi connectivity index (χ1v) is 13.3. The van der Waals surface area contributed by atoms with Gasteiger partial charge in [-0.1, -0.05) is 36.4 Å². The third kappa shape index (κ3) is 6.77. The minimum atomic E-state index is -4.61. The lowest BCUT2D eigenvalue weighted by molar-refractivity contribution is -0.137. The summed E-state index contributed by atoms with van der Waals surface area (Å²) in [6.07, 6.45) is -3.34. The summed E-state index contributed by atoms with van der Waals surface area (Å²) in [5.41, 5.74) is -0.876. The number of anilines is 1. The van der Waals surface area contributed by atoms with Crippen molar-refractivity contribution in [3.8, 4) is 28.6 Å². The number of benzene rings is 4. The zero-order valence-corrected chi connectivity index (χ0v) is 23.8. The highest BCUT2D eigenvalue weighted by Crippen LogP contribution is 2.38. The van der Waals surface area contributed by atoms with E-state index in [0.717, 1.165) is 16.8 Å². The molecule has 1 amide bonds. The van der Waals surface area contributed by atoms with E-state index in [2.05, 4.69) is 15.4 Å². The van der Waals surface area contributed by atoms with Gasteiger partial charge >= 0.3 is 6.18 Å². The summed E-state index contributed by atoms with van der Waals surface area (Å²) in [5.74, 6) is -1.02. The van der Waals surface area contributed by atoms with Gasteiger partial charge < -0.3 is 19.5 Å². The molecule has 0 aliphatic rings. The van der Waals surface area contributed by atoms with Gasteiger partial charge in [0.25, 0.3) is 11.5 Å². The molecule has 0 atom stereocenters. The third-order valence-corrected chi connectivity index (χ3v) is 6.50. The van der Waals surface area contributed by atoms with Crippen molar-refractivity contribution in [2.24, 2.45) is 5.10 Å². The maximum atomic E-state index is 13.9. The number of carbonyl (C=O) groups excluding carboxylic acids is 1. The zero-order valence-electron chi connectivity index (χ0n) is 23.8. The van der Waals surface area contributed by atoms with Gasteiger partial charge in [-0.3, -0.25) is 9.59 Å². The quantitative estimate of drug-likeness (QED) is 0.157. The molecular formula is C32H24F4N4O5. The highest BCUT2D eigenvalue weighted by molar-refractivity contribution is 5.92. The van der Waals surface area contributed by atoms with Crippen LogP contribution in [0.5, 0.6) is 17.2 Å². The molecule has 5 aromatic rings. The number of fused-ring (bicyclic) bond motifs is 1. The first-order chi connectivity index (χ1) is 21.6. The average Bonchev–Trinajstić information content (AvgIpc) is 3.03. The van der Waals surface area contributed by atoms with Crippen molar-refractivity contribution in [3.63, 3.8) is 0 Å². The minimum Gasteiger partial charge on any atom is -0.493 e. The van der Waals surface area contributed by atoms with E-state index in [1.807, 2.05) is 0 Å². The molecule has 0 saturated carbocycles. The van der Waals surface area contributed by atoms with Crippen LogP contribution in [0, 0.1) is 5.82 Å². The van der Waals surface area contributed by atoms with E-state index in [1.54, 1.807) is 24.3 Å². The van der Waals surface area contributed by atoms with Gasteiger partial charge in [-0.25, -0.2) is 9.37 Å². The van der Waals surface area contributed by atoms with E-state index >= 15 is 0 Å². The van der Waals surface area contributed by atoms with E-state index in [1.165, 1.54) is 69.0 Å². The standard InChI is InChI=1S/C32H24F4N4O5/c1-43-26-14-19(15-27(44-2)29(26)45-18-28(41)38-25-13-6-4-11-23(25)33)17-37-40-30(20-8-7-9-21(16-20)32(34,35)36)39-24-12-5-3-10-22(24)31(40)42/h3-17H,18H2,1-2H3,(H,38,41). The lowest BCUT2D eigenvalue weighted by Gasteiger charge is -2.15. The van der Waals surface area contributed by atoms with E-state index in [-0.39, 0.29) is 45.2 Å². The second-order valence-electron chi connectivity index (χ2n) is 9.46. The number of para-hydroxylation sites is 2. The number of aromatic nitrogens is 2. The van der Waals surface area contributed by atoms with Gasteiger partial charge in [0.2, 0.25) is 5.75 Å². The number of hydrogen-bond donors (Lipinski definition) is 1. The second kappa shape index (κ2) is 12.9. The summed E-state index contributed by atoms with van der Waals surface area (Å²) in [6, 6.07) is 19.5. The van der Waals surface area contributed by atoms with E-state index < -0.39 is 35.6 Å². The Balaban J connectivity index is 1.50. The molecule has 13 heteroatoms. The molecule has 45 heavy (non-hydrogen) atoms. The minimum absolute atomic E-state index is 0.0143. The Hall–Kier alpha value is -5.72. The maximum Gasteiger partial charge on any atom is 0.416 e. The topological polar surface area (TPSA) is 104 Å². The lowest BCUT2D eigenvalue weighted by atomic mass is 10.1. The highest BCUT2D eigenvalue weighted by atomic mass is 19.4. The Morgan fingerprint density at radius 1 is 0.956 bits per heavy atom. The number of hydrogen-bond acceptors (Lipinski definition) is 7. The maximum absolute atomic E-state index is 13.9. The van der Waals surface area contributed by atoms with Crippen molar-refractivity contribution in [1.29, 1.82) is 0 Å². The van der Waals surface area contributed by atoms with Crippen LogP contribution in [-0.4, -0.2) is 42.6 Å². The smallest absolute Gasteiger partial charge is 0.416 e. The largest absolute Gasteiger partial charge is 0.493 e. The Morgan fingerprint density at radius 3 is 2.33 bits per heavy atom. The highest BCUT2D eigenvalue weighted by Gasteiger charge is 2.31. The molecule has 0 unspecified atom stereocenters. The van der Waals surface area contributed by atoms with Gasteiger partial charge in [-0.2, -0.15) is 22.9 Å². The number of halogens is 4. The number of methoxy groups -OCH3 is 2. The number of amides is 1. The van der Waals surface area contributed by atoms with Crippen molar-refractivity contribution in [2.45, 2.75) is 6.18 Å². The molecular weight excluding hydrogens is 596 g/mol. The Labute approximate surface area is 253 Å². The molecule has 230 valence electrons. The molecule has 0 spiro atoms. The SMILES string of the molecule is COc1cc(C=Nn2c(-c3cccc(C(F)(F)F)c3)nc3ccccc3c2=O)cc(OC)c1OCC(=O)Nc1ccccc1F. The molecule has 0 aliphatic carbocycles. The summed E-state index contributed by atoms with van der Waals surface area (Å²) < 4.78 is 71.8. The number of alkyl halides is 3. The van der Waals surface area contributed by atoms with Crippen molar-refractivity contribution in [1.82, 2.24) is 9.66 Å². The van der Waals surface area contributed by atoms with Crippen LogP contribution >= 0.6 is 0 Å². The molecule has 0 radical (unpaired) electrons. The summed E-state index contributed by atoms with van der Waals surface area (Å²) in [6.45, 7) is -0.507. The molecule has 0 fully saturated rings. The van der Waals surface area contributed by atoms with Crippen LogP contribution in [0.25, 0.3) is 22.3 Å². The van der Waals surface area contributed by atoms with Crippen molar-refractivity contribution >= 4 is 28.7 Å². The molecule has 1 heterocycles. The van der Waals surface area contributed by atoms with Crippen molar-refractivity contribution in [3.05, 3.63) is 112 Å². The average molecular weight is 621 g/mol. The summed E-state index contributed by atoms with van der Waals surface area (Å²) in [7, 11) is 2.71. The van der Waals surface area contributed by atoms with Gasteiger partial charge in [-0.15, -0.1) is 0 Å². The summed E-state index contributed by atoms with van der Waals surface area (Å²) in [5, 5.41) is 6.91. The Bertz CT molecular complexity index is 1950. The van der Waals surface area contributed by atoms with Crippen LogP contribution in [0.3, 0.4) is 0 Å². The zero-order chi connectivity index (χ0) is 32.1. The molecule has 9 nitrogen and oxygen atoms in total. The van der Waals surface area contributed by atoms with Crippen molar-refractivity contribution < 1.29 is 36.6 Å². The number of rotatable bonds is 9. The molecule has 5 rings (SSSR count). The number of ether oxygens (including phenoxy) is 3. The number of nitrogens with zero attached hydrogens (tertiary/aromatic N) is 3. The van der Waals surface area contributed by atoms with Crippen LogP contribution in [0.15, 0.2) is 94.8 Å². The van der Waals surface area contributed by atoms with E-state index in [4.69, 9.17) is 14.2 Å². The van der Waals surface area contributed by atoms with Gasteiger partial charge in [-0.05, 0) is 48.5 Å². The van der Waals surface area contributed by atoms with E-state index in [0.29, 0.717) is 5.56 Å². The first-order valence-electron chi connectivity index (χ1n) is 13.3. The Kier molecular flexibility index (Phi) is 8.79. The van der Waals surface area contributed by atoms with Crippen molar-refractivity contribution in [2.75, 3.05) is 26.1 Å². The fourth-order valence-electron chi connectivity index (χ4n) is 4.38. The second-order valence-corrected chi connectivity index (χ2v) is 9.46. The van der Waals surface area contributed by atoms with Crippen LogP contribution in [0.4, 0.5) is 23.2 Å². The number of carbonyl (C=O) groups is 1. The summed E-state index contributed by atoms with van der Waals surface area (Å²) in [4.78, 5) is 30.3. The first kappa shape index (κ1) is 30.7. The normalized spacial score (nSPS) is 11.5. The summed E-state index contributed by atoms with van der Waals surface area (Å²) >= 11 is 0. The molecule has 1 N–H and O–H groups in total. The molecule has 1 aromatic heterocycles. The predicted octanol–water partition coefficient (Wildman–Crippen LogP) is 6.14. The molecule has 0 bridgehead atoms. The van der Waals surface area contributed by atoms with Crippen LogP contribution in [0.1, 0.15) is 11.1 Å². The van der Waals surface area contributed by atoms with Crippen LogP contribution < -0.4 is 25.1 Å². The van der Waals surface area contributed by atoms with Gasteiger partial charge in [0.15, 0.2) is 23.9 Å². The van der Waals surface area contributed by atoms with Gasteiger partial charge in [0, 0.05) is 11.1 Å². The monoisotopic (exact) mass is 620 g/mol. The predicted molar refractivity (Wildman–Crippen MR) is 160 cm³/mol. The molecule has 4 aromatic carbocycles. The van der Waals surface area contributed by atoms with Gasteiger partial charge in [0.05, 0.1) is 42.6 Å². The van der Waals surface area contributed by atoms with Crippen LogP contribution in [0.2, 0.25) is 0 Å².